The Morgan fingerprint density at radius 2 is 1.64 bits per heavy atom. The molecule has 184 valence electrons. The summed E-state index contributed by atoms with van der Waals surface area (Å²) in [4.78, 5) is 16.6. The van der Waals surface area contributed by atoms with Crippen LogP contribution in [0.1, 0.15) is 83.6 Å². The minimum atomic E-state index is -0.461. The Hall–Kier alpha value is -3.44. The van der Waals surface area contributed by atoms with Crippen molar-refractivity contribution in [2.75, 3.05) is 6.61 Å². The summed E-state index contributed by atoms with van der Waals surface area (Å²) in [6.07, 6.45) is 9.82. The third-order valence-corrected chi connectivity index (χ3v) is 7.99. The molecule has 2 aromatic heterocycles. The number of aliphatic hydroxyl groups is 1. The molecule has 2 fully saturated rings. The highest BCUT2D eigenvalue weighted by Crippen LogP contribution is 2.47. The number of ketones is 1. The molecule has 0 unspecified atom stereocenters. The van der Waals surface area contributed by atoms with Gasteiger partial charge in [0.25, 0.3) is 0 Å². The number of rotatable bonds is 8. The van der Waals surface area contributed by atoms with Crippen molar-refractivity contribution in [3.8, 4) is 5.75 Å². The lowest BCUT2D eigenvalue weighted by Gasteiger charge is -2.33. The molecule has 2 heterocycles. The molecule has 1 atom stereocenters. The van der Waals surface area contributed by atoms with Crippen LogP contribution in [0, 0.1) is 5.92 Å². The van der Waals surface area contributed by atoms with Crippen molar-refractivity contribution in [3.05, 3.63) is 102 Å². The van der Waals surface area contributed by atoms with Crippen molar-refractivity contribution in [1.82, 2.24) is 9.38 Å². The fourth-order valence-corrected chi connectivity index (χ4v) is 5.77. The van der Waals surface area contributed by atoms with E-state index < -0.39 is 6.10 Å². The normalized spacial score (nSPS) is 20.8. The van der Waals surface area contributed by atoms with Crippen LogP contribution >= 0.6 is 0 Å². The van der Waals surface area contributed by atoms with Crippen LogP contribution in [0.25, 0.3) is 5.52 Å². The first kappa shape index (κ1) is 23.0. The van der Waals surface area contributed by atoms with E-state index in [4.69, 9.17) is 4.74 Å². The van der Waals surface area contributed by atoms with Crippen LogP contribution < -0.4 is 4.74 Å². The van der Waals surface area contributed by atoms with Crippen molar-refractivity contribution in [2.24, 2.45) is 5.92 Å². The molecule has 0 radical (unpaired) electrons. The van der Waals surface area contributed by atoms with Crippen LogP contribution in [-0.4, -0.2) is 26.9 Å². The Labute approximate surface area is 211 Å². The van der Waals surface area contributed by atoms with Gasteiger partial charge in [-0.2, -0.15) is 0 Å². The van der Waals surface area contributed by atoms with E-state index in [1.165, 1.54) is 24.0 Å². The smallest absolute Gasteiger partial charge is 0.200 e. The van der Waals surface area contributed by atoms with E-state index >= 15 is 0 Å². The summed E-state index contributed by atoms with van der Waals surface area (Å²) in [5, 5.41) is 11.5. The molecule has 0 spiro atoms. The van der Waals surface area contributed by atoms with E-state index in [0.29, 0.717) is 23.1 Å². The number of aliphatic hydroxyl groups excluding tert-OH is 1. The Kier molecular flexibility index (Phi) is 6.32. The summed E-state index contributed by atoms with van der Waals surface area (Å²) in [6, 6.07) is 21.8. The molecule has 0 aliphatic heterocycles. The number of imidazole rings is 1. The molecule has 0 bridgehead atoms. The Morgan fingerprint density at radius 1 is 0.917 bits per heavy atom. The molecule has 2 aliphatic rings. The molecule has 2 saturated carbocycles. The number of ether oxygens (including phenoxy) is 1. The first-order valence-corrected chi connectivity index (χ1v) is 13.1. The van der Waals surface area contributed by atoms with Crippen LogP contribution in [0.5, 0.6) is 5.75 Å². The molecular weight excluding hydrogens is 448 g/mol. The summed E-state index contributed by atoms with van der Waals surface area (Å²) >= 11 is 0. The number of nitrogens with zero attached hydrogens (tertiary/aromatic N) is 2. The summed E-state index contributed by atoms with van der Waals surface area (Å²) in [5.41, 5.74) is 5.38. The van der Waals surface area contributed by atoms with Gasteiger partial charge in [0.1, 0.15) is 5.75 Å². The van der Waals surface area contributed by atoms with Crippen LogP contribution in [0.3, 0.4) is 0 Å². The summed E-state index contributed by atoms with van der Waals surface area (Å²) in [5.74, 6) is 2.03. The molecule has 2 aliphatic carbocycles. The van der Waals surface area contributed by atoms with Gasteiger partial charge in [0.05, 0.1) is 29.8 Å². The maximum atomic E-state index is 12.3. The zero-order chi connectivity index (χ0) is 24.5. The molecule has 5 heteroatoms. The number of carbonyl (C=O) groups is 1. The predicted octanol–water partition coefficient (Wildman–Crippen LogP) is 6.48. The monoisotopic (exact) mass is 480 g/mol. The number of fused-ring (bicyclic) bond motifs is 1. The van der Waals surface area contributed by atoms with Crippen LogP contribution in [0.2, 0.25) is 0 Å². The van der Waals surface area contributed by atoms with Crippen LogP contribution in [0.15, 0.2) is 79.3 Å². The number of pyridine rings is 1. The van der Waals surface area contributed by atoms with Crippen molar-refractivity contribution < 1.29 is 14.6 Å². The standard InChI is InChI=1S/C31H32N2O3/c34-29(24-4-2-1-3-5-24)19-36-27-15-12-22(13-16-27)21-6-10-25(11-7-21)31(35)30-28(23-8-9-23)17-14-26-18-32-20-33(26)30/h1-5,12-18,20-21,23,25,31,35H,6-11,19H2/t21?,25?,31-/m0/s1. The predicted molar refractivity (Wildman–Crippen MR) is 140 cm³/mol. The molecule has 0 saturated heterocycles. The highest BCUT2D eigenvalue weighted by molar-refractivity contribution is 5.97. The largest absolute Gasteiger partial charge is 0.485 e. The zero-order valence-corrected chi connectivity index (χ0v) is 20.4. The quantitative estimate of drug-likeness (QED) is 0.293. The molecule has 4 aromatic rings. The van der Waals surface area contributed by atoms with Gasteiger partial charge in [0.2, 0.25) is 0 Å². The van der Waals surface area contributed by atoms with E-state index in [9.17, 15) is 9.90 Å². The van der Waals surface area contributed by atoms with Crippen molar-refractivity contribution in [2.45, 2.75) is 56.5 Å². The van der Waals surface area contributed by atoms with Crippen molar-refractivity contribution in [3.63, 3.8) is 0 Å². The van der Waals surface area contributed by atoms with Gasteiger partial charge in [-0.15, -0.1) is 0 Å². The molecule has 1 N–H and O–H groups in total. The van der Waals surface area contributed by atoms with Gasteiger partial charge >= 0.3 is 0 Å². The molecule has 0 amide bonds. The highest BCUT2D eigenvalue weighted by Gasteiger charge is 2.34. The lowest BCUT2D eigenvalue weighted by Crippen LogP contribution is -2.22. The molecular formula is C31H32N2O3. The van der Waals surface area contributed by atoms with E-state index in [1.807, 2.05) is 55.0 Å². The van der Waals surface area contributed by atoms with Crippen molar-refractivity contribution in [1.29, 1.82) is 0 Å². The van der Waals surface area contributed by atoms with Gasteiger partial charge in [0, 0.05) is 5.56 Å². The second-order valence-electron chi connectivity index (χ2n) is 10.3. The molecule has 5 nitrogen and oxygen atoms in total. The number of hydrogen-bond donors (Lipinski definition) is 1. The Bertz CT molecular complexity index is 1330. The second-order valence-corrected chi connectivity index (χ2v) is 10.3. The maximum Gasteiger partial charge on any atom is 0.200 e. The van der Waals surface area contributed by atoms with E-state index in [0.717, 1.165) is 36.9 Å². The van der Waals surface area contributed by atoms with Gasteiger partial charge in [-0.3, -0.25) is 4.79 Å². The van der Waals surface area contributed by atoms with Gasteiger partial charge < -0.3 is 14.2 Å². The molecule has 6 rings (SSSR count). The minimum Gasteiger partial charge on any atom is -0.485 e. The van der Waals surface area contributed by atoms with Gasteiger partial charge in [-0.05, 0) is 85.6 Å². The Balaban J connectivity index is 1.07. The SMILES string of the molecule is O=C(COc1ccc(C2CCC([C@H](O)c3c(C4CC4)ccc4cncn34)CC2)cc1)c1ccccc1. The molecule has 2 aromatic carbocycles. The number of carbonyl (C=O) groups excluding carboxylic acids is 1. The topological polar surface area (TPSA) is 63.8 Å². The third kappa shape index (κ3) is 4.68. The first-order valence-electron chi connectivity index (χ1n) is 13.1. The fraction of sp³-hybridized carbons (Fsp3) is 0.355. The number of Topliss-reactive ketones (excluding diaryl/α,β-unsaturated/α-hetero) is 1. The number of hydrogen-bond acceptors (Lipinski definition) is 4. The third-order valence-electron chi connectivity index (χ3n) is 7.99. The lowest BCUT2D eigenvalue weighted by molar-refractivity contribution is 0.0754. The second kappa shape index (κ2) is 9.90. The first-order chi connectivity index (χ1) is 17.7. The highest BCUT2D eigenvalue weighted by atomic mass is 16.5. The average molecular weight is 481 g/mol. The summed E-state index contributed by atoms with van der Waals surface area (Å²) < 4.78 is 7.84. The summed E-state index contributed by atoms with van der Waals surface area (Å²) in [6.45, 7) is 0.0405. The maximum absolute atomic E-state index is 12.3. The van der Waals surface area contributed by atoms with Crippen LogP contribution in [0.4, 0.5) is 0 Å². The van der Waals surface area contributed by atoms with Gasteiger partial charge in [-0.1, -0.05) is 48.5 Å². The lowest BCUT2D eigenvalue weighted by atomic mass is 9.75. The Morgan fingerprint density at radius 3 is 2.36 bits per heavy atom. The summed E-state index contributed by atoms with van der Waals surface area (Å²) in [7, 11) is 0. The van der Waals surface area contributed by atoms with Crippen LogP contribution in [-0.2, 0) is 0 Å². The molecule has 36 heavy (non-hydrogen) atoms. The van der Waals surface area contributed by atoms with Crippen molar-refractivity contribution >= 4 is 11.3 Å². The average Bonchev–Trinajstić information content (AvgIpc) is 3.68. The number of benzene rings is 2. The van der Waals surface area contributed by atoms with E-state index in [-0.39, 0.29) is 18.3 Å². The fourth-order valence-electron chi connectivity index (χ4n) is 5.77. The van der Waals surface area contributed by atoms with Gasteiger partial charge in [-0.25, -0.2) is 4.98 Å². The van der Waals surface area contributed by atoms with E-state index in [1.54, 1.807) is 0 Å². The number of aromatic nitrogens is 2. The minimum absolute atomic E-state index is 0.0206. The zero-order valence-electron chi connectivity index (χ0n) is 20.4. The van der Waals surface area contributed by atoms with E-state index in [2.05, 4.69) is 33.7 Å². The van der Waals surface area contributed by atoms with Gasteiger partial charge in [0.15, 0.2) is 12.4 Å².